The van der Waals surface area contributed by atoms with Gasteiger partial charge in [0.15, 0.2) is 5.82 Å². The van der Waals surface area contributed by atoms with Gasteiger partial charge in [0.25, 0.3) is 0 Å². The van der Waals surface area contributed by atoms with Crippen LogP contribution >= 0.6 is 23.4 Å². The second-order valence-electron chi connectivity index (χ2n) is 6.17. The Balaban J connectivity index is 1.71. The summed E-state index contributed by atoms with van der Waals surface area (Å²) in [6.45, 7) is 2.96. The standard InChI is InChI=1S/C16H20ClN5OS/c17-16-20-13-12(14(21-16)22-6-8-23-9-7-22)18-10-19-15(13)24-11-4-2-1-3-5-11/h10-11H,1-9H2. The zero-order chi connectivity index (χ0) is 16.4. The molecule has 24 heavy (non-hydrogen) atoms. The number of fused-ring (bicyclic) bond motifs is 1. The van der Waals surface area contributed by atoms with Crippen LogP contribution < -0.4 is 4.90 Å². The Hall–Kier alpha value is -1.18. The molecular formula is C16H20ClN5OS. The Bertz CT molecular complexity index is 719. The van der Waals surface area contributed by atoms with E-state index in [0.717, 1.165) is 35.0 Å². The second-order valence-corrected chi connectivity index (χ2v) is 7.80. The number of hydrogen-bond acceptors (Lipinski definition) is 7. The van der Waals surface area contributed by atoms with Crippen molar-refractivity contribution in [3.05, 3.63) is 11.6 Å². The minimum Gasteiger partial charge on any atom is -0.378 e. The number of aromatic nitrogens is 4. The molecule has 128 valence electrons. The number of rotatable bonds is 3. The average Bonchev–Trinajstić information content (AvgIpc) is 2.63. The van der Waals surface area contributed by atoms with Gasteiger partial charge >= 0.3 is 0 Å². The average molecular weight is 366 g/mol. The summed E-state index contributed by atoms with van der Waals surface area (Å²) in [4.78, 5) is 20.0. The molecule has 0 amide bonds. The van der Waals surface area contributed by atoms with Crippen LogP contribution in [0.4, 0.5) is 5.82 Å². The highest BCUT2D eigenvalue weighted by Crippen LogP contribution is 2.36. The lowest BCUT2D eigenvalue weighted by Gasteiger charge is -2.28. The van der Waals surface area contributed by atoms with Crippen LogP contribution in [0.5, 0.6) is 0 Å². The van der Waals surface area contributed by atoms with Crippen LogP contribution in [0.2, 0.25) is 5.28 Å². The van der Waals surface area contributed by atoms with E-state index >= 15 is 0 Å². The van der Waals surface area contributed by atoms with Crippen molar-refractivity contribution in [1.82, 2.24) is 19.9 Å². The van der Waals surface area contributed by atoms with E-state index in [-0.39, 0.29) is 5.28 Å². The third kappa shape index (κ3) is 3.43. The van der Waals surface area contributed by atoms with Gasteiger partial charge in [-0.2, -0.15) is 4.98 Å². The number of morpholine rings is 1. The van der Waals surface area contributed by atoms with Crippen molar-refractivity contribution in [3.63, 3.8) is 0 Å². The Kier molecular flexibility index (Phi) is 5.01. The zero-order valence-electron chi connectivity index (χ0n) is 13.4. The van der Waals surface area contributed by atoms with E-state index < -0.39 is 0 Å². The first-order valence-corrected chi connectivity index (χ1v) is 9.74. The maximum Gasteiger partial charge on any atom is 0.225 e. The summed E-state index contributed by atoms with van der Waals surface area (Å²) in [6, 6.07) is 0. The van der Waals surface area contributed by atoms with Gasteiger partial charge in [0.2, 0.25) is 5.28 Å². The predicted octanol–water partition coefficient (Wildman–Crippen LogP) is 3.33. The van der Waals surface area contributed by atoms with Crippen LogP contribution in [0.1, 0.15) is 32.1 Å². The molecule has 1 aliphatic heterocycles. The summed E-state index contributed by atoms with van der Waals surface area (Å²) < 4.78 is 5.43. The maximum atomic E-state index is 6.21. The summed E-state index contributed by atoms with van der Waals surface area (Å²) in [7, 11) is 0. The van der Waals surface area contributed by atoms with Gasteiger partial charge in [-0.05, 0) is 24.4 Å². The zero-order valence-corrected chi connectivity index (χ0v) is 15.0. The molecule has 0 aromatic carbocycles. The largest absolute Gasteiger partial charge is 0.378 e. The van der Waals surface area contributed by atoms with Crippen molar-refractivity contribution in [1.29, 1.82) is 0 Å². The summed E-state index contributed by atoms with van der Waals surface area (Å²) in [5.74, 6) is 0.793. The van der Waals surface area contributed by atoms with Gasteiger partial charge in [0.05, 0.1) is 13.2 Å². The number of halogens is 1. The molecule has 2 fully saturated rings. The molecule has 2 aromatic heterocycles. The fourth-order valence-corrected chi connectivity index (χ4v) is 4.72. The van der Waals surface area contributed by atoms with E-state index in [9.17, 15) is 0 Å². The number of nitrogens with zero attached hydrogens (tertiary/aromatic N) is 5. The van der Waals surface area contributed by atoms with Crippen molar-refractivity contribution in [3.8, 4) is 0 Å². The highest BCUT2D eigenvalue weighted by atomic mass is 35.5. The number of thioether (sulfide) groups is 1. The minimum atomic E-state index is 0.254. The van der Waals surface area contributed by atoms with Crippen molar-refractivity contribution < 1.29 is 4.74 Å². The van der Waals surface area contributed by atoms with Crippen molar-refractivity contribution in [2.75, 3.05) is 31.2 Å². The molecule has 0 N–H and O–H groups in total. The van der Waals surface area contributed by atoms with E-state index in [1.165, 1.54) is 32.1 Å². The van der Waals surface area contributed by atoms with Crippen LogP contribution in [0.25, 0.3) is 11.0 Å². The normalized spacial score (nSPS) is 19.8. The Labute approximate surface area is 150 Å². The van der Waals surface area contributed by atoms with Gasteiger partial charge in [-0.1, -0.05) is 19.3 Å². The van der Waals surface area contributed by atoms with E-state index in [4.69, 9.17) is 16.3 Å². The first-order valence-electron chi connectivity index (χ1n) is 8.49. The third-order valence-electron chi connectivity index (χ3n) is 4.54. The summed E-state index contributed by atoms with van der Waals surface area (Å²) >= 11 is 8.03. The lowest BCUT2D eigenvalue weighted by molar-refractivity contribution is 0.122. The van der Waals surface area contributed by atoms with Gasteiger partial charge in [-0.25, -0.2) is 15.0 Å². The smallest absolute Gasteiger partial charge is 0.225 e. The van der Waals surface area contributed by atoms with Crippen LogP contribution in [0, 0.1) is 0 Å². The Morgan fingerprint density at radius 1 is 1.04 bits per heavy atom. The number of anilines is 1. The third-order valence-corrected chi connectivity index (χ3v) is 6.04. The molecule has 1 saturated carbocycles. The van der Waals surface area contributed by atoms with Crippen LogP contribution in [0.3, 0.4) is 0 Å². The van der Waals surface area contributed by atoms with Crippen molar-refractivity contribution in [2.24, 2.45) is 0 Å². The predicted molar refractivity (Wildman–Crippen MR) is 95.9 cm³/mol. The lowest BCUT2D eigenvalue weighted by Crippen LogP contribution is -2.37. The second kappa shape index (κ2) is 7.37. The number of ether oxygens (including phenoxy) is 1. The van der Waals surface area contributed by atoms with Crippen molar-refractivity contribution >= 4 is 40.2 Å². The SMILES string of the molecule is Clc1nc(N2CCOCC2)c2ncnc(SC3CCCCC3)c2n1. The Morgan fingerprint density at radius 2 is 1.83 bits per heavy atom. The molecule has 3 heterocycles. The van der Waals surface area contributed by atoms with Crippen molar-refractivity contribution in [2.45, 2.75) is 42.4 Å². The molecule has 6 nitrogen and oxygen atoms in total. The topological polar surface area (TPSA) is 64.0 Å². The molecule has 0 radical (unpaired) electrons. The maximum absolute atomic E-state index is 6.21. The highest BCUT2D eigenvalue weighted by Gasteiger charge is 2.22. The molecule has 1 aliphatic carbocycles. The number of hydrogen-bond donors (Lipinski definition) is 0. The van der Waals surface area contributed by atoms with Gasteiger partial charge in [-0.3, -0.25) is 0 Å². The molecule has 8 heteroatoms. The first-order chi connectivity index (χ1) is 11.8. The van der Waals surface area contributed by atoms with E-state index in [1.54, 1.807) is 6.33 Å². The van der Waals surface area contributed by atoms with E-state index in [2.05, 4.69) is 24.8 Å². The molecule has 1 saturated heterocycles. The quantitative estimate of drug-likeness (QED) is 0.610. The summed E-state index contributed by atoms with van der Waals surface area (Å²) in [5.41, 5.74) is 1.56. The van der Waals surface area contributed by atoms with E-state index in [0.29, 0.717) is 18.5 Å². The molecule has 4 rings (SSSR count). The van der Waals surface area contributed by atoms with Crippen LogP contribution in [0.15, 0.2) is 11.4 Å². The van der Waals surface area contributed by atoms with Gasteiger partial charge < -0.3 is 9.64 Å². The molecule has 0 unspecified atom stereocenters. The highest BCUT2D eigenvalue weighted by molar-refractivity contribution is 8.00. The summed E-state index contributed by atoms with van der Waals surface area (Å²) in [6.07, 6.45) is 8.05. The molecular weight excluding hydrogens is 346 g/mol. The molecule has 0 atom stereocenters. The Morgan fingerprint density at radius 3 is 2.62 bits per heavy atom. The molecule has 0 bridgehead atoms. The monoisotopic (exact) mass is 365 g/mol. The van der Waals surface area contributed by atoms with Gasteiger partial charge in [-0.15, -0.1) is 11.8 Å². The van der Waals surface area contributed by atoms with Gasteiger partial charge in [0.1, 0.15) is 22.4 Å². The summed E-state index contributed by atoms with van der Waals surface area (Å²) in [5, 5.41) is 1.78. The molecule has 2 aliphatic rings. The first kappa shape index (κ1) is 16.3. The van der Waals surface area contributed by atoms with E-state index in [1.807, 2.05) is 11.8 Å². The molecule has 0 spiro atoms. The fraction of sp³-hybridized carbons (Fsp3) is 0.625. The fourth-order valence-electron chi connectivity index (χ4n) is 3.31. The molecule has 2 aromatic rings. The van der Waals surface area contributed by atoms with Crippen LogP contribution in [-0.4, -0.2) is 51.5 Å². The van der Waals surface area contributed by atoms with Gasteiger partial charge in [0, 0.05) is 18.3 Å². The van der Waals surface area contributed by atoms with Crippen LogP contribution in [-0.2, 0) is 4.74 Å². The minimum absolute atomic E-state index is 0.254. The lowest BCUT2D eigenvalue weighted by atomic mass is 10.0.